The number of nitrogens with zero attached hydrogens (tertiary/aromatic N) is 5. The summed E-state index contributed by atoms with van der Waals surface area (Å²) in [7, 11) is 0. The van der Waals surface area contributed by atoms with Gasteiger partial charge in [-0.05, 0) is 66.1 Å². The van der Waals surface area contributed by atoms with Gasteiger partial charge < -0.3 is 26.7 Å². The van der Waals surface area contributed by atoms with Crippen LogP contribution in [0.1, 0.15) is 36.0 Å². The van der Waals surface area contributed by atoms with E-state index in [4.69, 9.17) is 21.4 Å². The van der Waals surface area contributed by atoms with Crippen LogP contribution in [0.4, 0.5) is 11.5 Å². The quantitative estimate of drug-likeness (QED) is 0.133. The van der Waals surface area contributed by atoms with Crippen LogP contribution in [-0.2, 0) is 11.3 Å². The first-order chi connectivity index (χ1) is 18.5. The van der Waals surface area contributed by atoms with Gasteiger partial charge in [0.2, 0.25) is 11.7 Å². The molecule has 14 heteroatoms. The van der Waals surface area contributed by atoms with Gasteiger partial charge in [0.25, 0.3) is 0 Å². The average Bonchev–Trinajstić information content (AvgIpc) is 3.53. The van der Waals surface area contributed by atoms with Gasteiger partial charge in [0.15, 0.2) is 17.3 Å². The summed E-state index contributed by atoms with van der Waals surface area (Å²) < 4.78 is 6.68. The van der Waals surface area contributed by atoms with Crippen molar-refractivity contribution in [3.63, 3.8) is 0 Å². The largest absolute Gasteiger partial charge is 0.364 e. The van der Waals surface area contributed by atoms with Crippen LogP contribution < -0.4 is 22.1 Å². The van der Waals surface area contributed by atoms with E-state index >= 15 is 0 Å². The zero-order valence-electron chi connectivity index (χ0n) is 21.6. The molecule has 40 heavy (non-hydrogen) atoms. The minimum atomic E-state index is -0.624. The summed E-state index contributed by atoms with van der Waals surface area (Å²) in [6.45, 7) is 0.909. The molecule has 0 saturated carbocycles. The highest BCUT2D eigenvalue weighted by Crippen LogP contribution is 2.28. The predicted molar refractivity (Wildman–Crippen MR) is 157 cm³/mol. The van der Waals surface area contributed by atoms with E-state index in [0.29, 0.717) is 53.6 Å². The summed E-state index contributed by atoms with van der Waals surface area (Å²) in [5.74, 6) is 0.301. The highest BCUT2D eigenvalue weighted by Gasteiger charge is 2.22. The third kappa shape index (κ3) is 7.77. The van der Waals surface area contributed by atoms with Crippen molar-refractivity contribution in [2.24, 2.45) is 11.5 Å². The molecule has 2 heterocycles. The van der Waals surface area contributed by atoms with Gasteiger partial charge in [-0.2, -0.15) is 5.26 Å². The molecule has 0 radical (unpaired) electrons. The maximum absolute atomic E-state index is 13.3. The van der Waals surface area contributed by atoms with Crippen molar-refractivity contribution in [2.45, 2.75) is 38.3 Å². The van der Waals surface area contributed by atoms with Crippen LogP contribution in [0.3, 0.4) is 0 Å². The normalized spacial score (nSPS) is 11.1. The summed E-state index contributed by atoms with van der Waals surface area (Å²) in [6, 6.07) is 15.5. The monoisotopic (exact) mass is 587 g/mol. The van der Waals surface area contributed by atoms with E-state index in [1.807, 2.05) is 24.3 Å². The zero-order chi connectivity index (χ0) is 26.9. The maximum Gasteiger partial charge on any atom is 0.241 e. The van der Waals surface area contributed by atoms with Crippen LogP contribution in [0.5, 0.6) is 0 Å². The number of nitrogens with two attached hydrogens (primary N) is 2. The molecule has 12 nitrogen and oxygen atoms in total. The number of nitrogens with one attached hydrogen (secondary N) is 2. The number of Topliss-reactive ketones (excluding diaryl/α,β-unsaturated/α-hetero) is 1. The van der Waals surface area contributed by atoms with E-state index < -0.39 is 6.04 Å². The smallest absolute Gasteiger partial charge is 0.241 e. The van der Waals surface area contributed by atoms with Gasteiger partial charge in [-0.15, -0.1) is 24.8 Å². The number of carbonyl (C=O) groups excluding carboxylic acids is 2. The van der Waals surface area contributed by atoms with Crippen LogP contribution in [0.15, 0.2) is 53.2 Å². The van der Waals surface area contributed by atoms with Crippen molar-refractivity contribution >= 4 is 59.0 Å². The first-order valence-corrected chi connectivity index (χ1v) is 12.3. The van der Waals surface area contributed by atoms with Gasteiger partial charge in [0, 0.05) is 17.8 Å². The van der Waals surface area contributed by atoms with Crippen molar-refractivity contribution in [2.75, 3.05) is 23.7 Å². The van der Waals surface area contributed by atoms with Crippen molar-refractivity contribution in [1.29, 1.82) is 5.26 Å². The Bertz CT molecular complexity index is 1450. The molecular weight excluding hydrogens is 557 g/mol. The Kier molecular flexibility index (Phi) is 12.5. The van der Waals surface area contributed by atoms with Gasteiger partial charge in [-0.25, -0.2) is 9.61 Å². The Morgan fingerprint density at radius 3 is 2.55 bits per heavy atom. The van der Waals surface area contributed by atoms with Gasteiger partial charge in [-0.1, -0.05) is 18.6 Å². The first-order valence-electron chi connectivity index (χ1n) is 12.3. The van der Waals surface area contributed by atoms with Crippen molar-refractivity contribution in [3.8, 4) is 17.6 Å². The number of imidazole rings is 1. The number of benzene rings is 2. The van der Waals surface area contributed by atoms with Crippen LogP contribution in [-0.4, -0.2) is 50.7 Å². The van der Waals surface area contributed by atoms with E-state index in [1.54, 1.807) is 28.8 Å². The molecule has 212 valence electrons. The number of para-hydroxylation sites is 2. The fraction of sp³-hybridized carbons (Fsp3) is 0.308. The summed E-state index contributed by atoms with van der Waals surface area (Å²) in [4.78, 5) is 30.3. The standard InChI is InChI=1S/C26H29N9O3.2ClH/c27-13-4-3-6-19(29)26(37)31-18-11-9-17(10-12-18)22(36)16-35-21-8-2-1-7-20(21)32-25(35)23-24(34-38-33-23)30-15-5-14-28;;/h1-2,7-12,19H,3-6,13,15-16,27,29H2,(H,30,34)(H,31,37);2*1H/t19-;;/m1../s1. The molecule has 6 N–H and O–H groups in total. The Labute approximate surface area is 243 Å². The lowest BCUT2D eigenvalue weighted by Gasteiger charge is -2.12. The Morgan fingerprint density at radius 1 is 1.07 bits per heavy atom. The molecule has 1 atom stereocenters. The van der Waals surface area contributed by atoms with Gasteiger partial charge >= 0.3 is 0 Å². The third-order valence-electron chi connectivity index (χ3n) is 5.97. The van der Waals surface area contributed by atoms with Crippen LogP contribution in [0, 0.1) is 11.3 Å². The number of hydrogen-bond acceptors (Lipinski definition) is 10. The summed E-state index contributed by atoms with van der Waals surface area (Å²) in [6.07, 6.45) is 2.43. The van der Waals surface area contributed by atoms with Crippen LogP contribution >= 0.6 is 24.8 Å². The molecule has 1 amide bonds. The molecule has 0 aliphatic heterocycles. The average molecular weight is 588 g/mol. The molecule has 4 rings (SSSR count). The number of nitriles is 1. The topological polar surface area (TPSA) is 191 Å². The molecule has 4 aromatic rings. The molecule has 0 spiro atoms. The number of halogens is 2. The van der Waals surface area contributed by atoms with Gasteiger partial charge in [0.1, 0.15) is 0 Å². The van der Waals surface area contributed by atoms with Crippen molar-refractivity contribution < 1.29 is 14.2 Å². The van der Waals surface area contributed by atoms with E-state index in [2.05, 4.69) is 32.0 Å². The van der Waals surface area contributed by atoms with Crippen molar-refractivity contribution in [3.05, 3.63) is 54.1 Å². The number of amides is 1. The summed E-state index contributed by atoms with van der Waals surface area (Å²) >= 11 is 0. The lowest BCUT2D eigenvalue weighted by molar-refractivity contribution is -0.117. The fourth-order valence-corrected chi connectivity index (χ4v) is 3.95. The van der Waals surface area contributed by atoms with E-state index in [0.717, 1.165) is 18.4 Å². The lowest BCUT2D eigenvalue weighted by atomic mass is 10.1. The second-order valence-electron chi connectivity index (χ2n) is 8.69. The molecule has 0 aliphatic carbocycles. The van der Waals surface area contributed by atoms with Crippen LogP contribution in [0.25, 0.3) is 22.6 Å². The highest BCUT2D eigenvalue weighted by atomic mass is 35.5. The Balaban J connectivity index is 0.00000280. The second kappa shape index (κ2) is 15.5. The van der Waals surface area contributed by atoms with E-state index in [-0.39, 0.29) is 49.5 Å². The number of carbonyl (C=O) groups is 2. The molecule has 0 fully saturated rings. The number of hydrogen-bond donors (Lipinski definition) is 4. The molecule has 0 saturated heterocycles. The predicted octanol–water partition coefficient (Wildman–Crippen LogP) is 3.53. The van der Waals surface area contributed by atoms with Gasteiger partial charge in [0.05, 0.1) is 36.1 Å². The summed E-state index contributed by atoms with van der Waals surface area (Å²) in [5.41, 5.74) is 14.2. The number of anilines is 2. The van der Waals surface area contributed by atoms with Crippen LogP contribution in [0.2, 0.25) is 0 Å². The number of rotatable bonds is 13. The Hall–Kier alpha value is -4.02. The highest BCUT2D eigenvalue weighted by molar-refractivity contribution is 5.99. The van der Waals surface area contributed by atoms with Gasteiger partial charge in [-0.3, -0.25) is 9.59 Å². The van der Waals surface area contributed by atoms with Crippen molar-refractivity contribution in [1.82, 2.24) is 19.9 Å². The minimum Gasteiger partial charge on any atom is -0.364 e. The fourth-order valence-electron chi connectivity index (χ4n) is 3.95. The lowest BCUT2D eigenvalue weighted by Crippen LogP contribution is -2.35. The first kappa shape index (κ1) is 32.2. The van der Waals surface area contributed by atoms with E-state index in [9.17, 15) is 9.59 Å². The molecule has 2 aromatic carbocycles. The Morgan fingerprint density at radius 2 is 1.82 bits per heavy atom. The molecule has 0 bridgehead atoms. The SMILES string of the molecule is Cl.Cl.N#CCCNc1nonc1-c1nc2ccccc2n1CC(=O)c1ccc(NC(=O)[C@H](N)CCCCN)cc1. The van der Waals surface area contributed by atoms with E-state index in [1.165, 1.54) is 0 Å². The number of aromatic nitrogens is 4. The number of fused-ring (bicyclic) bond motifs is 1. The number of unbranched alkanes of at least 4 members (excludes halogenated alkanes) is 1. The maximum atomic E-state index is 13.3. The molecular formula is C26H31Cl2N9O3. The minimum absolute atomic E-state index is 0. The molecule has 0 aliphatic rings. The molecule has 2 aromatic heterocycles. The zero-order valence-corrected chi connectivity index (χ0v) is 23.2. The summed E-state index contributed by atoms with van der Waals surface area (Å²) in [5, 5.41) is 22.5. The number of ketones is 1. The molecule has 0 unspecified atom stereocenters. The second-order valence-corrected chi connectivity index (χ2v) is 8.69. The third-order valence-corrected chi connectivity index (χ3v) is 5.97.